The molecule has 4 nitrogen and oxygen atoms in total. The van der Waals surface area contributed by atoms with Gasteiger partial charge in [-0.05, 0) is 25.1 Å². The van der Waals surface area contributed by atoms with Crippen LogP contribution in [0.4, 0.5) is 4.39 Å². The van der Waals surface area contributed by atoms with E-state index in [1.54, 1.807) is 6.92 Å². The zero-order valence-corrected chi connectivity index (χ0v) is 9.66. The third kappa shape index (κ3) is 3.55. The monoisotopic (exact) mass is 240 g/mol. The molecule has 0 fully saturated rings. The van der Waals surface area contributed by atoms with E-state index in [0.29, 0.717) is 0 Å². The molecule has 0 spiro atoms. The van der Waals surface area contributed by atoms with Crippen molar-refractivity contribution in [3.05, 3.63) is 29.6 Å². The molecule has 0 radical (unpaired) electrons. The SMILES string of the molecule is CCOC(=O)CC(=O)c1ccc(OC)c(F)c1. The molecule has 0 unspecified atom stereocenters. The highest BCUT2D eigenvalue weighted by Crippen LogP contribution is 2.18. The molecular formula is C12H13FO4. The molecule has 0 saturated heterocycles. The Balaban J connectivity index is 2.76. The molecule has 0 N–H and O–H groups in total. The molecule has 1 aromatic rings. The highest BCUT2D eigenvalue weighted by Gasteiger charge is 2.14. The smallest absolute Gasteiger partial charge is 0.313 e. The fourth-order valence-electron chi connectivity index (χ4n) is 1.29. The Morgan fingerprint density at radius 1 is 1.35 bits per heavy atom. The van der Waals surface area contributed by atoms with Gasteiger partial charge in [-0.2, -0.15) is 0 Å². The fraction of sp³-hybridized carbons (Fsp3) is 0.333. The van der Waals surface area contributed by atoms with Gasteiger partial charge in [0.25, 0.3) is 0 Å². The van der Waals surface area contributed by atoms with Crippen LogP contribution in [0.25, 0.3) is 0 Å². The zero-order valence-electron chi connectivity index (χ0n) is 9.66. The Bertz CT molecular complexity index is 429. The van der Waals surface area contributed by atoms with Crippen molar-refractivity contribution < 1.29 is 23.5 Å². The Kier molecular flexibility index (Phi) is 4.63. The van der Waals surface area contributed by atoms with Gasteiger partial charge in [-0.3, -0.25) is 9.59 Å². The normalized spacial score (nSPS) is 9.82. The quantitative estimate of drug-likeness (QED) is 0.448. The molecule has 0 bridgehead atoms. The second-order valence-corrected chi connectivity index (χ2v) is 3.25. The summed E-state index contributed by atoms with van der Waals surface area (Å²) in [5.74, 6) is -1.68. The summed E-state index contributed by atoms with van der Waals surface area (Å²) in [6.07, 6.45) is -0.389. The molecule has 0 heterocycles. The minimum Gasteiger partial charge on any atom is -0.494 e. The van der Waals surface area contributed by atoms with E-state index in [-0.39, 0.29) is 24.3 Å². The summed E-state index contributed by atoms with van der Waals surface area (Å²) in [6.45, 7) is 1.86. The van der Waals surface area contributed by atoms with Gasteiger partial charge in [-0.15, -0.1) is 0 Å². The number of benzene rings is 1. The van der Waals surface area contributed by atoms with Crippen LogP contribution < -0.4 is 4.74 Å². The van der Waals surface area contributed by atoms with Crippen LogP contribution in [-0.4, -0.2) is 25.5 Å². The standard InChI is InChI=1S/C12H13FO4/c1-3-17-12(15)7-10(14)8-4-5-11(16-2)9(13)6-8/h4-6H,3,7H2,1-2H3. The molecule has 0 aliphatic rings. The number of ether oxygens (including phenoxy) is 2. The van der Waals surface area contributed by atoms with E-state index in [1.165, 1.54) is 19.2 Å². The third-order valence-corrected chi connectivity index (χ3v) is 2.08. The number of halogens is 1. The lowest BCUT2D eigenvalue weighted by molar-refractivity contribution is -0.141. The van der Waals surface area contributed by atoms with Gasteiger partial charge < -0.3 is 9.47 Å². The molecule has 0 aliphatic carbocycles. The van der Waals surface area contributed by atoms with Crippen molar-refractivity contribution in [2.24, 2.45) is 0 Å². The molecule has 0 atom stereocenters. The average molecular weight is 240 g/mol. The Labute approximate surface area is 98.3 Å². The van der Waals surface area contributed by atoms with Crippen LogP contribution in [0.15, 0.2) is 18.2 Å². The first kappa shape index (κ1) is 13.2. The van der Waals surface area contributed by atoms with E-state index in [0.717, 1.165) is 6.07 Å². The molecule has 1 rings (SSSR count). The van der Waals surface area contributed by atoms with Crippen molar-refractivity contribution in [1.82, 2.24) is 0 Å². The van der Waals surface area contributed by atoms with Crippen LogP contribution in [0, 0.1) is 5.82 Å². The van der Waals surface area contributed by atoms with E-state index < -0.39 is 17.6 Å². The molecule has 0 amide bonds. The average Bonchev–Trinajstić information content (AvgIpc) is 2.29. The van der Waals surface area contributed by atoms with Gasteiger partial charge in [0.1, 0.15) is 6.42 Å². The highest BCUT2D eigenvalue weighted by atomic mass is 19.1. The lowest BCUT2D eigenvalue weighted by Crippen LogP contribution is -2.11. The summed E-state index contributed by atoms with van der Waals surface area (Å²) in [4.78, 5) is 22.6. The Morgan fingerprint density at radius 2 is 2.06 bits per heavy atom. The molecule has 92 valence electrons. The predicted octanol–water partition coefficient (Wildman–Crippen LogP) is 1.97. The Morgan fingerprint density at radius 3 is 2.59 bits per heavy atom. The molecule has 0 aliphatic heterocycles. The van der Waals surface area contributed by atoms with Crippen molar-refractivity contribution in [3.8, 4) is 5.75 Å². The number of hydrogen-bond donors (Lipinski definition) is 0. The lowest BCUT2D eigenvalue weighted by atomic mass is 10.1. The van der Waals surface area contributed by atoms with Gasteiger partial charge in [0.2, 0.25) is 0 Å². The van der Waals surface area contributed by atoms with Gasteiger partial charge in [0.15, 0.2) is 17.3 Å². The van der Waals surface area contributed by atoms with Crippen LogP contribution in [0.5, 0.6) is 5.75 Å². The molecule has 5 heteroatoms. The maximum atomic E-state index is 13.3. The van der Waals surface area contributed by atoms with E-state index in [2.05, 4.69) is 4.74 Å². The maximum absolute atomic E-state index is 13.3. The largest absolute Gasteiger partial charge is 0.494 e. The topological polar surface area (TPSA) is 52.6 Å². The van der Waals surface area contributed by atoms with E-state index in [4.69, 9.17) is 4.74 Å². The van der Waals surface area contributed by atoms with Gasteiger partial charge >= 0.3 is 5.97 Å². The van der Waals surface area contributed by atoms with Gasteiger partial charge in [0.05, 0.1) is 13.7 Å². The van der Waals surface area contributed by atoms with E-state index in [9.17, 15) is 14.0 Å². The van der Waals surface area contributed by atoms with Crippen molar-refractivity contribution in [3.63, 3.8) is 0 Å². The number of ketones is 1. The van der Waals surface area contributed by atoms with Crippen molar-refractivity contribution >= 4 is 11.8 Å². The Hall–Kier alpha value is -1.91. The number of Topliss-reactive ketones (excluding diaryl/α,β-unsaturated/α-hetero) is 1. The lowest BCUT2D eigenvalue weighted by Gasteiger charge is -2.04. The second kappa shape index (κ2) is 5.98. The van der Waals surface area contributed by atoms with Crippen molar-refractivity contribution in [2.45, 2.75) is 13.3 Å². The summed E-state index contributed by atoms with van der Waals surface area (Å²) in [5.41, 5.74) is 0.122. The first-order chi connectivity index (χ1) is 8.08. The first-order valence-corrected chi connectivity index (χ1v) is 5.10. The number of esters is 1. The number of rotatable bonds is 5. The van der Waals surface area contributed by atoms with Crippen LogP contribution in [-0.2, 0) is 9.53 Å². The predicted molar refractivity (Wildman–Crippen MR) is 58.5 cm³/mol. The third-order valence-electron chi connectivity index (χ3n) is 2.08. The second-order valence-electron chi connectivity index (χ2n) is 3.25. The highest BCUT2D eigenvalue weighted by molar-refractivity contribution is 6.05. The van der Waals surface area contributed by atoms with Gasteiger partial charge in [-0.25, -0.2) is 4.39 Å². The van der Waals surface area contributed by atoms with Gasteiger partial charge in [-0.1, -0.05) is 0 Å². The summed E-state index contributed by atoms with van der Waals surface area (Å²) in [7, 11) is 1.33. The first-order valence-electron chi connectivity index (χ1n) is 5.10. The minimum absolute atomic E-state index is 0.0534. The fourth-order valence-corrected chi connectivity index (χ4v) is 1.29. The molecule has 17 heavy (non-hydrogen) atoms. The van der Waals surface area contributed by atoms with Crippen LogP contribution in [0.1, 0.15) is 23.7 Å². The van der Waals surface area contributed by atoms with E-state index >= 15 is 0 Å². The van der Waals surface area contributed by atoms with Crippen molar-refractivity contribution in [1.29, 1.82) is 0 Å². The number of methoxy groups -OCH3 is 1. The molecular weight excluding hydrogens is 227 g/mol. The summed E-state index contributed by atoms with van der Waals surface area (Å²) >= 11 is 0. The van der Waals surface area contributed by atoms with E-state index in [1.807, 2.05) is 0 Å². The summed E-state index contributed by atoms with van der Waals surface area (Å²) in [5, 5.41) is 0. The zero-order chi connectivity index (χ0) is 12.8. The van der Waals surface area contributed by atoms with Crippen LogP contribution in [0.2, 0.25) is 0 Å². The minimum atomic E-state index is -0.637. The van der Waals surface area contributed by atoms with Crippen molar-refractivity contribution in [2.75, 3.05) is 13.7 Å². The van der Waals surface area contributed by atoms with Crippen LogP contribution in [0.3, 0.4) is 0 Å². The number of carbonyl (C=O) groups excluding carboxylic acids is 2. The van der Waals surface area contributed by atoms with Gasteiger partial charge in [0, 0.05) is 5.56 Å². The maximum Gasteiger partial charge on any atom is 0.313 e. The molecule has 0 aromatic heterocycles. The summed E-state index contributed by atoms with van der Waals surface area (Å²) in [6, 6.07) is 3.79. The molecule has 0 saturated carbocycles. The number of carbonyl (C=O) groups is 2. The van der Waals surface area contributed by atoms with Crippen LogP contribution >= 0.6 is 0 Å². The summed E-state index contributed by atoms with van der Waals surface area (Å²) < 4.78 is 22.7. The number of hydrogen-bond acceptors (Lipinski definition) is 4. The molecule has 1 aromatic carbocycles.